The van der Waals surface area contributed by atoms with E-state index in [9.17, 15) is 0 Å². The molecule has 14 heavy (non-hydrogen) atoms. The van der Waals surface area contributed by atoms with Crippen LogP contribution in [0, 0.1) is 3.57 Å². The van der Waals surface area contributed by atoms with E-state index in [1.807, 2.05) is 0 Å². The van der Waals surface area contributed by atoms with Crippen molar-refractivity contribution in [1.82, 2.24) is 5.32 Å². The molecule has 1 aliphatic heterocycles. The molecule has 1 saturated heterocycles. The number of rotatable bonds is 2. The molecule has 1 N–H and O–H groups in total. The Hall–Kier alpha value is -0.0900. The summed E-state index contributed by atoms with van der Waals surface area (Å²) in [4.78, 5) is 0. The van der Waals surface area contributed by atoms with Gasteiger partial charge in [-0.05, 0) is 73.0 Å². The van der Waals surface area contributed by atoms with Crippen molar-refractivity contribution in [1.29, 1.82) is 0 Å². The summed E-state index contributed by atoms with van der Waals surface area (Å²) in [5.74, 6) is 0. The van der Waals surface area contributed by atoms with E-state index in [-0.39, 0.29) is 0 Å². The highest BCUT2D eigenvalue weighted by atomic mass is 127. The lowest BCUT2D eigenvalue weighted by molar-refractivity contribution is 0.412. The molecule has 0 bridgehead atoms. The highest BCUT2D eigenvalue weighted by Crippen LogP contribution is 2.23. The zero-order valence-corrected chi connectivity index (χ0v) is 10.7. The maximum absolute atomic E-state index is 3.59. The summed E-state index contributed by atoms with van der Waals surface area (Å²) in [6.45, 7) is 3.51. The molecule has 1 aliphatic rings. The number of halogens is 1. The highest BCUT2D eigenvalue weighted by Gasteiger charge is 2.27. The smallest absolute Gasteiger partial charge is 0.0194 e. The molecule has 1 heterocycles. The predicted molar refractivity (Wildman–Crippen MR) is 68.5 cm³/mol. The standard InChI is InChI=1S/C12H16IN/c1-12(7-2-8-14-12)9-10-3-5-11(13)6-4-10/h3-6,14H,2,7-9H2,1H3/t12-/m1/s1. The van der Waals surface area contributed by atoms with Crippen LogP contribution in [0.2, 0.25) is 0 Å². The van der Waals surface area contributed by atoms with Gasteiger partial charge < -0.3 is 5.32 Å². The molecule has 2 rings (SSSR count). The second kappa shape index (κ2) is 4.19. The average Bonchev–Trinajstić information content (AvgIpc) is 2.57. The van der Waals surface area contributed by atoms with E-state index in [1.54, 1.807) is 0 Å². The monoisotopic (exact) mass is 301 g/mol. The maximum Gasteiger partial charge on any atom is 0.0194 e. The van der Waals surface area contributed by atoms with Gasteiger partial charge in [0.2, 0.25) is 0 Å². The van der Waals surface area contributed by atoms with Gasteiger partial charge in [-0.2, -0.15) is 0 Å². The third-order valence-corrected chi connectivity index (χ3v) is 3.68. The molecule has 76 valence electrons. The van der Waals surface area contributed by atoms with E-state index in [2.05, 4.69) is 59.1 Å². The van der Waals surface area contributed by atoms with E-state index in [0.29, 0.717) is 5.54 Å². The summed E-state index contributed by atoms with van der Waals surface area (Å²) in [7, 11) is 0. The lowest BCUT2D eigenvalue weighted by atomic mass is 9.91. The Balaban J connectivity index is 2.06. The van der Waals surface area contributed by atoms with Crippen molar-refractivity contribution in [2.45, 2.75) is 31.7 Å². The third kappa shape index (κ3) is 2.48. The molecule has 0 unspecified atom stereocenters. The zero-order valence-electron chi connectivity index (χ0n) is 8.52. The quantitative estimate of drug-likeness (QED) is 0.828. The predicted octanol–water partition coefficient (Wildman–Crippen LogP) is 2.98. The van der Waals surface area contributed by atoms with Crippen LogP contribution in [-0.4, -0.2) is 12.1 Å². The van der Waals surface area contributed by atoms with Gasteiger partial charge in [-0.1, -0.05) is 12.1 Å². The fourth-order valence-electron chi connectivity index (χ4n) is 2.16. The fraction of sp³-hybridized carbons (Fsp3) is 0.500. The molecule has 0 saturated carbocycles. The Morgan fingerprint density at radius 3 is 2.64 bits per heavy atom. The van der Waals surface area contributed by atoms with E-state index < -0.39 is 0 Å². The molecule has 1 atom stereocenters. The Morgan fingerprint density at radius 1 is 1.36 bits per heavy atom. The van der Waals surface area contributed by atoms with Crippen molar-refractivity contribution in [2.75, 3.05) is 6.54 Å². The summed E-state index contributed by atoms with van der Waals surface area (Å²) < 4.78 is 1.32. The molecule has 1 fully saturated rings. The molecule has 0 amide bonds. The number of benzene rings is 1. The molecule has 0 radical (unpaired) electrons. The van der Waals surface area contributed by atoms with Crippen LogP contribution in [0.25, 0.3) is 0 Å². The maximum atomic E-state index is 3.59. The normalized spacial score (nSPS) is 26.7. The summed E-state index contributed by atoms with van der Waals surface area (Å²) in [5, 5.41) is 3.59. The van der Waals surface area contributed by atoms with E-state index in [0.717, 1.165) is 6.42 Å². The minimum absolute atomic E-state index is 0.340. The summed E-state index contributed by atoms with van der Waals surface area (Å²) >= 11 is 2.35. The summed E-state index contributed by atoms with van der Waals surface area (Å²) in [6, 6.07) is 8.86. The molecule has 1 aromatic rings. The largest absolute Gasteiger partial charge is 0.311 e. The van der Waals surface area contributed by atoms with E-state index in [4.69, 9.17) is 0 Å². The molecule has 2 heteroatoms. The lowest BCUT2D eigenvalue weighted by Gasteiger charge is -2.24. The average molecular weight is 301 g/mol. The second-order valence-corrected chi connectivity index (χ2v) is 5.64. The molecule has 1 aromatic carbocycles. The number of nitrogens with one attached hydrogen (secondary N) is 1. The minimum atomic E-state index is 0.340. The summed E-state index contributed by atoms with van der Waals surface area (Å²) in [5.41, 5.74) is 1.79. The van der Waals surface area contributed by atoms with Gasteiger partial charge in [0.1, 0.15) is 0 Å². The fourth-order valence-corrected chi connectivity index (χ4v) is 2.52. The van der Waals surface area contributed by atoms with Crippen LogP contribution in [0.15, 0.2) is 24.3 Å². The van der Waals surface area contributed by atoms with Crippen molar-refractivity contribution in [3.63, 3.8) is 0 Å². The van der Waals surface area contributed by atoms with Crippen LogP contribution < -0.4 is 5.32 Å². The third-order valence-electron chi connectivity index (χ3n) is 2.96. The van der Waals surface area contributed by atoms with Crippen molar-refractivity contribution in [2.24, 2.45) is 0 Å². The van der Waals surface area contributed by atoms with Crippen LogP contribution in [0.1, 0.15) is 25.3 Å². The van der Waals surface area contributed by atoms with Gasteiger partial charge in [-0.15, -0.1) is 0 Å². The first-order valence-corrected chi connectivity index (χ1v) is 6.25. The molecule has 0 aromatic heterocycles. The highest BCUT2D eigenvalue weighted by molar-refractivity contribution is 14.1. The Labute approximate surface area is 99.4 Å². The SMILES string of the molecule is C[C@]1(Cc2ccc(I)cc2)CCCN1. The van der Waals surface area contributed by atoms with Crippen LogP contribution >= 0.6 is 22.6 Å². The minimum Gasteiger partial charge on any atom is -0.311 e. The van der Waals surface area contributed by atoms with Crippen molar-refractivity contribution >= 4 is 22.6 Å². The molecular weight excluding hydrogens is 285 g/mol. The second-order valence-electron chi connectivity index (χ2n) is 4.39. The first-order valence-electron chi connectivity index (χ1n) is 5.17. The van der Waals surface area contributed by atoms with Gasteiger partial charge in [0.25, 0.3) is 0 Å². The van der Waals surface area contributed by atoms with Crippen molar-refractivity contribution in [3.05, 3.63) is 33.4 Å². The topological polar surface area (TPSA) is 12.0 Å². The van der Waals surface area contributed by atoms with Crippen LogP contribution in [0.3, 0.4) is 0 Å². The van der Waals surface area contributed by atoms with Gasteiger partial charge in [0.15, 0.2) is 0 Å². The Kier molecular flexibility index (Phi) is 3.12. The number of hydrogen-bond donors (Lipinski definition) is 1. The van der Waals surface area contributed by atoms with Gasteiger partial charge in [-0.25, -0.2) is 0 Å². The number of hydrogen-bond acceptors (Lipinski definition) is 1. The molecule has 1 nitrogen and oxygen atoms in total. The first-order chi connectivity index (χ1) is 6.68. The zero-order chi connectivity index (χ0) is 10.0. The van der Waals surface area contributed by atoms with Crippen molar-refractivity contribution in [3.8, 4) is 0 Å². The van der Waals surface area contributed by atoms with Gasteiger partial charge in [0.05, 0.1) is 0 Å². The van der Waals surface area contributed by atoms with Crippen LogP contribution in [0.5, 0.6) is 0 Å². The Morgan fingerprint density at radius 2 is 2.07 bits per heavy atom. The molecular formula is C12H16IN. The van der Waals surface area contributed by atoms with Crippen LogP contribution in [0.4, 0.5) is 0 Å². The first kappa shape index (κ1) is 10.4. The molecule has 0 spiro atoms. The van der Waals surface area contributed by atoms with Gasteiger partial charge in [-0.3, -0.25) is 0 Å². The van der Waals surface area contributed by atoms with E-state index in [1.165, 1.54) is 28.5 Å². The van der Waals surface area contributed by atoms with Gasteiger partial charge >= 0.3 is 0 Å². The van der Waals surface area contributed by atoms with Crippen molar-refractivity contribution < 1.29 is 0 Å². The lowest BCUT2D eigenvalue weighted by Crippen LogP contribution is -2.38. The van der Waals surface area contributed by atoms with Gasteiger partial charge in [0, 0.05) is 9.11 Å². The van der Waals surface area contributed by atoms with E-state index >= 15 is 0 Å². The Bertz CT molecular complexity index is 299. The van der Waals surface area contributed by atoms with Crippen LogP contribution in [-0.2, 0) is 6.42 Å². The molecule has 0 aliphatic carbocycles. The summed E-state index contributed by atoms with van der Waals surface area (Å²) in [6.07, 6.45) is 3.78.